The Balaban J connectivity index is 1.99. The van der Waals surface area contributed by atoms with Crippen molar-refractivity contribution in [3.63, 3.8) is 0 Å². The van der Waals surface area contributed by atoms with Crippen LogP contribution >= 0.6 is 0 Å². The number of rotatable bonds is 6. The molecule has 2 rings (SSSR count). The van der Waals surface area contributed by atoms with Crippen molar-refractivity contribution in [3.8, 4) is 6.07 Å². The topological polar surface area (TPSA) is 73.1 Å². The average Bonchev–Trinajstić information content (AvgIpc) is 2.41. The zero-order valence-corrected chi connectivity index (χ0v) is 12.5. The molecular formula is C17H22N2O2. The van der Waals surface area contributed by atoms with Gasteiger partial charge in [0.1, 0.15) is 6.04 Å². The summed E-state index contributed by atoms with van der Waals surface area (Å²) in [6, 6.07) is 11.8. The van der Waals surface area contributed by atoms with E-state index in [0.717, 1.165) is 5.56 Å². The Bertz CT molecular complexity index is 527. The van der Waals surface area contributed by atoms with Gasteiger partial charge in [-0.15, -0.1) is 0 Å². The van der Waals surface area contributed by atoms with Crippen LogP contribution in [0.4, 0.5) is 0 Å². The quantitative estimate of drug-likeness (QED) is 0.843. The molecule has 1 atom stereocenters. The van der Waals surface area contributed by atoms with E-state index >= 15 is 0 Å². The molecule has 0 bridgehead atoms. The molecule has 2 N–H and O–H groups in total. The third kappa shape index (κ3) is 3.43. The Labute approximate surface area is 125 Å². The van der Waals surface area contributed by atoms with Gasteiger partial charge in [-0.25, -0.2) is 0 Å². The van der Waals surface area contributed by atoms with Crippen LogP contribution in [0.1, 0.15) is 38.7 Å². The minimum atomic E-state index is -0.808. The molecule has 1 aromatic rings. The summed E-state index contributed by atoms with van der Waals surface area (Å²) in [4.78, 5) is 11.3. The summed E-state index contributed by atoms with van der Waals surface area (Å²) in [5, 5.41) is 22.0. The molecule has 1 aliphatic carbocycles. The van der Waals surface area contributed by atoms with Crippen molar-refractivity contribution < 1.29 is 9.90 Å². The number of nitriles is 1. The standard InChI is InChI=1S/C17H22N2O2/c1-12(2)8-15(16(20)21)19-14-9-17(10-14,11-18)13-6-4-3-5-7-13/h3-7,12,14-15,19H,8-10H2,1-2H3,(H,20,21). The predicted molar refractivity (Wildman–Crippen MR) is 80.8 cm³/mol. The molecule has 0 aliphatic heterocycles. The number of aliphatic carboxylic acids is 1. The Hall–Kier alpha value is -1.86. The van der Waals surface area contributed by atoms with E-state index in [1.807, 2.05) is 44.2 Å². The number of hydrogen-bond acceptors (Lipinski definition) is 3. The molecular weight excluding hydrogens is 264 g/mol. The Morgan fingerprint density at radius 3 is 2.52 bits per heavy atom. The van der Waals surface area contributed by atoms with Crippen LogP contribution in [0.3, 0.4) is 0 Å². The van der Waals surface area contributed by atoms with Gasteiger partial charge >= 0.3 is 5.97 Å². The Kier molecular flexibility index (Phi) is 4.64. The van der Waals surface area contributed by atoms with E-state index in [1.165, 1.54) is 0 Å². The predicted octanol–water partition coefficient (Wildman–Crippen LogP) is 2.70. The van der Waals surface area contributed by atoms with E-state index in [9.17, 15) is 15.2 Å². The first kappa shape index (κ1) is 15.5. The summed E-state index contributed by atoms with van der Waals surface area (Å²) in [6.45, 7) is 4.03. The second-order valence-corrected chi connectivity index (χ2v) is 6.35. The molecule has 0 amide bonds. The number of benzene rings is 1. The lowest BCUT2D eigenvalue weighted by molar-refractivity contribution is -0.140. The lowest BCUT2D eigenvalue weighted by Gasteiger charge is -2.44. The van der Waals surface area contributed by atoms with Crippen LogP contribution < -0.4 is 5.32 Å². The second kappa shape index (κ2) is 6.28. The molecule has 4 nitrogen and oxygen atoms in total. The monoisotopic (exact) mass is 286 g/mol. The number of carbonyl (C=O) groups is 1. The highest BCUT2D eigenvalue weighted by Gasteiger charge is 2.46. The summed E-state index contributed by atoms with van der Waals surface area (Å²) in [5.41, 5.74) is 0.570. The van der Waals surface area contributed by atoms with Crippen molar-refractivity contribution >= 4 is 5.97 Å². The minimum absolute atomic E-state index is 0.102. The third-order valence-corrected chi connectivity index (χ3v) is 4.17. The van der Waals surface area contributed by atoms with E-state index in [2.05, 4.69) is 11.4 Å². The average molecular weight is 286 g/mol. The normalized spacial score (nSPS) is 25.9. The van der Waals surface area contributed by atoms with Gasteiger partial charge in [-0.3, -0.25) is 4.79 Å². The van der Waals surface area contributed by atoms with Crippen molar-refractivity contribution in [1.82, 2.24) is 5.32 Å². The van der Waals surface area contributed by atoms with Gasteiger partial charge in [-0.05, 0) is 30.7 Å². The van der Waals surface area contributed by atoms with Crippen molar-refractivity contribution in [2.24, 2.45) is 5.92 Å². The molecule has 0 radical (unpaired) electrons. The fraction of sp³-hybridized carbons (Fsp3) is 0.529. The Morgan fingerprint density at radius 2 is 2.05 bits per heavy atom. The summed E-state index contributed by atoms with van der Waals surface area (Å²) < 4.78 is 0. The molecule has 1 aromatic carbocycles. The van der Waals surface area contributed by atoms with Crippen molar-refractivity contribution in [1.29, 1.82) is 5.26 Å². The first-order valence-corrected chi connectivity index (χ1v) is 7.42. The fourth-order valence-corrected chi connectivity index (χ4v) is 3.04. The van der Waals surface area contributed by atoms with Gasteiger partial charge in [0.25, 0.3) is 0 Å². The first-order valence-electron chi connectivity index (χ1n) is 7.42. The van der Waals surface area contributed by atoms with E-state index in [1.54, 1.807) is 0 Å². The highest BCUT2D eigenvalue weighted by atomic mass is 16.4. The van der Waals surface area contributed by atoms with Crippen molar-refractivity contribution in [3.05, 3.63) is 35.9 Å². The zero-order chi connectivity index (χ0) is 15.5. The van der Waals surface area contributed by atoms with E-state index in [4.69, 9.17) is 0 Å². The van der Waals surface area contributed by atoms with Crippen LogP contribution in [0.2, 0.25) is 0 Å². The smallest absolute Gasteiger partial charge is 0.320 e. The molecule has 0 saturated heterocycles. The van der Waals surface area contributed by atoms with Crippen LogP contribution in [0.25, 0.3) is 0 Å². The molecule has 1 unspecified atom stereocenters. The molecule has 0 spiro atoms. The van der Waals surface area contributed by atoms with Crippen molar-refractivity contribution in [2.45, 2.75) is 50.6 Å². The molecule has 112 valence electrons. The fourth-order valence-electron chi connectivity index (χ4n) is 3.04. The number of nitrogens with one attached hydrogen (secondary N) is 1. The molecule has 1 saturated carbocycles. The maximum atomic E-state index is 11.3. The van der Waals surface area contributed by atoms with Crippen LogP contribution in [-0.4, -0.2) is 23.2 Å². The van der Waals surface area contributed by atoms with Gasteiger partial charge in [0, 0.05) is 6.04 Å². The molecule has 1 fully saturated rings. The van der Waals surface area contributed by atoms with Gasteiger partial charge in [0.15, 0.2) is 0 Å². The van der Waals surface area contributed by atoms with Crippen LogP contribution in [-0.2, 0) is 10.2 Å². The SMILES string of the molecule is CC(C)CC(NC1CC(C#N)(c2ccccc2)C1)C(=O)O. The Morgan fingerprint density at radius 1 is 1.43 bits per heavy atom. The van der Waals surface area contributed by atoms with Gasteiger partial charge in [0.05, 0.1) is 11.5 Å². The molecule has 0 heterocycles. The van der Waals surface area contributed by atoms with E-state index in [0.29, 0.717) is 25.2 Å². The lowest BCUT2D eigenvalue weighted by atomic mass is 9.62. The first-order chi connectivity index (χ1) is 9.97. The minimum Gasteiger partial charge on any atom is -0.480 e. The van der Waals surface area contributed by atoms with Gasteiger partial charge in [0.2, 0.25) is 0 Å². The third-order valence-electron chi connectivity index (χ3n) is 4.17. The van der Waals surface area contributed by atoms with Gasteiger partial charge in [-0.2, -0.15) is 5.26 Å². The maximum Gasteiger partial charge on any atom is 0.320 e. The van der Waals surface area contributed by atoms with Crippen LogP contribution in [0.5, 0.6) is 0 Å². The summed E-state index contributed by atoms with van der Waals surface area (Å²) >= 11 is 0. The lowest BCUT2D eigenvalue weighted by Crippen LogP contribution is -2.55. The van der Waals surface area contributed by atoms with Crippen LogP contribution in [0.15, 0.2) is 30.3 Å². The largest absolute Gasteiger partial charge is 0.480 e. The number of carboxylic acids is 1. The van der Waals surface area contributed by atoms with E-state index < -0.39 is 17.4 Å². The highest BCUT2D eigenvalue weighted by Crippen LogP contribution is 2.43. The number of nitrogens with zero attached hydrogens (tertiary/aromatic N) is 1. The summed E-state index contributed by atoms with van der Waals surface area (Å²) in [7, 11) is 0. The van der Waals surface area contributed by atoms with Gasteiger partial charge in [-0.1, -0.05) is 44.2 Å². The van der Waals surface area contributed by atoms with Gasteiger partial charge < -0.3 is 10.4 Å². The van der Waals surface area contributed by atoms with E-state index in [-0.39, 0.29) is 6.04 Å². The molecule has 21 heavy (non-hydrogen) atoms. The maximum absolute atomic E-state index is 11.3. The van der Waals surface area contributed by atoms with Crippen LogP contribution in [0, 0.1) is 17.2 Å². The number of hydrogen-bond donors (Lipinski definition) is 2. The zero-order valence-electron chi connectivity index (χ0n) is 12.5. The highest BCUT2D eigenvalue weighted by molar-refractivity contribution is 5.73. The second-order valence-electron chi connectivity index (χ2n) is 6.35. The molecule has 1 aliphatic rings. The van der Waals surface area contributed by atoms with Crippen molar-refractivity contribution in [2.75, 3.05) is 0 Å². The molecule has 4 heteroatoms. The summed E-state index contributed by atoms with van der Waals surface area (Å²) in [6.07, 6.45) is 1.96. The summed E-state index contributed by atoms with van der Waals surface area (Å²) in [5.74, 6) is -0.480. The number of carboxylic acid groups (broad SMARTS) is 1. The molecule has 0 aromatic heterocycles.